The van der Waals surface area contributed by atoms with Crippen molar-refractivity contribution in [2.24, 2.45) is 0 Å². The molecule has 2 rings (SSSR count). The summed E-state index contributed by atoms with van der Waals surface area (Å²) in [6, 6.07) is 4.56. The Morgan fingerprint density at radius 2 is 2.35 bits per heavy atom. The number of hydrogen-bond donors (Lipinski definition) is 1. The van der Waals surface area contributed by atoms with Crippen molar-refractivity contribution in [3.05, 3.63) is 38.9 Å². The highest BCUT2D eigenvalue weighted by Gasteiger charge is 2.26. The summed E-state index contributed by atoms with van der Waals surface area (Å²) in [5.74, 6) is -0.532. The van der Waals surface area contributed by atoms with Gasteiger partial charge in [0.05, 0.1) is 23.2 Å². The second-order valence-electron chi connectivity index (χ2n) is 5.61. The molecule has 23 heavy (non-hydrogen) atoms. The van der Waals surface area contributed by atoms with Crippen molar-refractivity contribution in [2.45, 2.75) is 25.9 Å². The molecular weight excluding hydrogens is 322 g/mol. The molecule has 8 heteroatoms. The maximum atomic E-state index is 12.3. The van der Waals surface area contributed by atoms with Crippen LogP contribution >= 0.6 is 11.6 Å². The van der Waals surface area contributed by atoms with E-state index >= 15 is 0 Å². The van der Waals surface area contributed by atoms with E-state index in [2.05, 4.69) is 17.1 Å². The Labute approximate surface area is 139 Å². The molecule has 1 amide bonds. The summed E-state index contributed by atoms with van der Waals surface area (Å²) in [7, 11) is 0. The van der Waals surface area contributed by atoms with Crippen LogP contribution in [0.4, 0.5) is 5.69 Å². The average molecular weight is 342 g/mol. The van der Waals surface area contributed by atoms with E-state index < -0.39 is 10.8 Å². The first kappa shape index (κ1) is 17.7. The van der Waals surface area contributed by atoms with E-state index in [-0.39, 0.29) is 28.4 Å². The zero-order valence-electron chi connectivity index (χ0n) is 13.1. The van der Waals surface area contributed by atoms with Crippen LogP contribution < -0.4 is 5.32 Å². The van der Waals surface area contributed by atoms with E-state index in [9.17, 15) is 14.9 Å². The van der Waals surface area contributed by atoms with Gasteiger partial charge in [0.2, 0.25) is 0 Å². The van der Waals surface area contributed by atoms with Crippen LogP contribution in [-0.2, 0) is 4.74 Å². The number of carbonyl (C=O) groups excluding carboxylic acids is 1. The molecule has 1 fully saturated rings. The molecule has 1 heterocycles. The third-order valence-corrected chi connectivity index (χ3v) is 4.27. The molecule has 7 nitrogen and oxygen atoms in total. The van der Waals surface area contributed by atoms with E-state index in [1.165, 1.54) is 18.2 Å². The molecule has 0 radical (unpaired) electrons. The minimum Gasteiger partial charge on any atom is -0.379 e. The average Bonchev–Trinajstić information content (AvgIpc) is 2.52. The highest BCUT2D eigenvalue weighted by molar-refractivity contribution is 6.34. The van der Waals surface area contributed by atoms with E-state index in [0.717, 1.165) is 6.54 Å². The van der Waals surface area contributed by atoms with Gasteiger partial charge in [-0.15, -0.1) is 0 Å². The lowest BCUT2D eigenvalue weighted by atomic mass is 10.1. The quantitative estimate of drug-likeness (QED) is 0.654. The first-order valence-corrected chi connectivity index (χ1v) is 7.84. The molecule has 1 aliphatic rings. The number of nitro groups is 1. The Morgan fingerprint density at radius 3 is 3.00 bits per heavy atom. The fraction of sp³-hybridized carbons (Fsp3) is 0.533. The van der Waals surface area contributed by atoms with Crippen molar-refractivity contribution in [3.63, 3.8) is 0 Å². The fourth-order valence-corrected chi connectivity index (χ4v) is 2.99. The van der Waals surface area contributed by atoms with Crippen LogP contribution in [0.3, 0.4) is 0 Å². The SMILES string of the molecule is CC(CNC(=O)c1c(Cl)cccc1[N+](=O)[O-])N1CCOCC1C. The van der Waals surface area contributed by atoms with Crippen LogP contribution in [0.15, 0.2) is 18.2 Å². The van der Waals surface area contributed by atoms with Gasteiger partial charge in [0.15, 0.2) is 0 Å². The van der Waals surface area contributed by atoms with Crippen LogP contribution in [-0.4, -0.2) is 54.1 Å². The van der Waals surface area contributed by atoms with Crippen LogP contribution in [0.25, 0.3) is 0 Å². The molecule has 1 aliphatic heterocycles. The van der Waals surface area contributed by atoms with Gasteiger partial charge < -0.3 is 10.1 Å². The van der Waals surface area contributed by atoms with Gasteiger partial charge >= 0.3 is 0 Å². The molecule has 2 atom stereocenters. The number of nitrogens with zero attached hydrogens (tertiary/aromatic N) is 2. The normalized spacial score (nSPS) is 20.0. The van der Waals surface area contributed by atoms with Gasteiger partial charge in [0.1, 0.15) is 5.56 Å². The Kier molecular flexibility index (Phi) is 5.92. The summed E-state index contributed by atoms with van der Waals surface area (Å²) < 4.78 is 5.39. The van der Waals surface area contributed by atoms with Gasteiger partial charge in [0.25, 0.3) is 11.6 Å². The minimum absolute atomic E-state index is 0.0732. The minimum atomic E-state index is -0.603. The maximum Gasteiger partial charge on any atom is 0.283 e. The summed E-state index contributed by atoms with van der Waals surface area (Å²) in [6.45, 7) is 6.57. The van der Waals surface area contributed by atoms with Crippen molar-refractivity contribution < 1.29 is 14.5 Å². The third-order valence-electron chi connectivity index (χ3n) is 3.96. The fourth-order valence-electron chi connectivity index (χ4n) is 2.73. The second-order valence-corrected chi connectivity index (χ2v) is 6.02. The van der Waals surface area contributed by atoms with Crippen molar-refractivity contribution in [2.75, 3.05) is 26.3 Å². The largest absolute Gasteiger partial charge is 0.379 e. The number of carbonyl (C=O) groups is 1. The van der Waals surface area contributed by atoms with Gasteiger partial charge in [0, 0.05) is 31.2 Å². The lowest BCUT2D eigenvalue weighted by Crippen LogP contribution is -2.51. The Balaban J connectivity index is 2.04. The van der Waals surface area contributed by atoms with Gasteiger partial charge in [-0.1, -0.05) is 17.7 Å². The molecule has 0 saturated carbocycles. The van der Waals surface area contributed by atoms with Crippen LogP contribution in [0.1, 0.15) is 24.2 Å². The summed E-state index contributed by atoms with van der Waals surface area (Å²) >= 11 is 5.96. The van der Waals surface area contributed by atoms with Crippen LogP contribution in [0.5, 0.6) is 0 Å². The van der Waals surface area contributed by atoms with Crippen molar-refractivity contribution in [3.8, 4) is 0 Å². The second kappa shape index (κ2) is 7.72. The van der Waals surface area contributed by atoms with Crippen LogP contribution in [0.2, 0.25) is 5.02 Å². The number of amides is 1. The van der Waals surface area contributed by atoms with Crippen molar-refractivity contribution in [1.29, 1.82) is 0 Å². The zero-order valence-corrected chi connectivity index (χ0v) is 13.9. The molecule has 2 unspecified atom stereocenters. The first-order valence-electron chi connectivity index (χ1n) is 7.46. The van der Waals surface area contributed by atoms with Crippen LogP contribution in [0, 0.1) is 10.1 Å². The predicted octanol–water partition coefficient (Wildman–Crippen LogP) is 2.09. The van der Waals surface area contributed by atoms with Gasteiger partial charge in [-0.2, -0.15) is 0 Å². The summed E-state index contributed by atoms with van der Waals surface area (Å²) in [5, 5.41) is 13.9. The monoisotopic (exact) mass is 341 g/mol. The number of halogens is 1. The summed E-state index contributed by atoms with van der Waals surface area (Å²) in [6.07, 6.45) is 0. The van der Waals surface area contributed by atoms with Crippen molar-refractivity contribution in [1.82, 2.24) is 10.2 Å². The number of ether oxygens (including phenoxy) is 1. The number of rotatable bonds is 5. The molecule has 1 N–H and O–H groups in total. The van der Waals surface area contributed by atoms with Gasteiger partial charge in [-0.25, -0.2) is 0 Å². The van der Waals surface area contributed by atoms with Gasteiger partial charge in [-0.3, -0.25) is 19.8 Å². The highest BCUT2D eigenvalue weighted by Crippen LogP contribution is 2.26. The van der Waals surface area contributed by atoms with E-state index in [0.29, 0.717) is 19.8 Å². The molecule has 0 aromatic heterocycles. The lowest BCUT2D eigenvalue weighted by Gasteiger charge is -2.37. The lowest BCUT2D eigenvalue weighted by molar-refractivity contribution is -0.385. The third kappa shape index (κ3) is 4.19. The molecule has 1 saturated heterocycles. The molecule has 1 aromatic carbocycles. The van der Waals surface area contributed by atoms with E-state index in [1.54, 1.807) is 0 Å². The van der Waals surface area contributed by atoms with E-state index in [4.69, 9.17) is 16.3 Å². The Bertz CT molecular complexity index is 596. The molecule has 0 bridgehead atoms. The van der Waals surface area contributed by atoms with E-state index in [1.807, 2.05) is 6.92 Å². The molecule has 1 aromatic rings. The Hall–Kier alpha value is -1.70. The number of benzene rings is 1. The molecular formula is C15H20ClN3O4. The number of hydrogen-bond acceptors (Lipinski definition) is 5. The van der Waals surface area contributed by atoms with Gasteiger partial charge in [-0.05, 0) is 19.9 Å². The molecule has 126 valence electrons. The zero-order chi connectivity index (χ0) is 17.0. The smallest absolute Gasteiger partial charge is 0.283 e. The summed E-state index contributed by atoms with van der Waals surface area (Å²) in [5.41, 5.74) is -0.385. The topological polar surface area (TPSA) is 84.7 Å². The standard InChI is InChI=1S/C15H20ClN3O4/c1-10(18-6-7-23-9-11(18)2)8-17-15(20)14-12(16)4-3-5-13(14)19(21)22/h3-5,10-11H,6-9H2,1-2H3,(H,17,20). The summed E-state index contributed by atoms with van der Waals surface area (Å²) in [4.78, 5) is 25.0. The number of nitro benzene ring substituents is 1. The maximum absolute atomic E-state index is 12.3. The highest BCUT2D eigenvalue weighted by atomic mass is 35.5. The molecule has 0 spiro atoms. The van der Waals surface area contributed by atoms with Crippen molar-refractivity contribution >= 4 is 23.2 Å². The predicted molar refractivity (Wildman–Crippen MR) is 86.9 cm³/mol. The number of morpholine rings is 1. The molecule has 0 aliphatic carbocycles. The number of nitrogens with one attached hydrogen (secondary N) is 1. The first-order chi connectivity index (χ1) is 10.9. The Morgan fingerprint density at radius 1 is 1.61 bits per heavy atom.